The summed E-state index contributed by atoms with van der Waals surface area (Å²) in [5.74, 6) is -0.490. The SMILES string of the molecule is COC(OC)C(C)NC(=O)Nc1ccccc1F. The van der Waals surface area contributed by atoms with E-state index in [1.807, 2.05) is 0 Å². The molecule has 6 heteroatoms. The number of nitrogens with one attached hydrogen (secondary N) is 2. The molecule has 0 bridgehead atoms. The quantitative estimate of drug-likeness (QED) is 0.792. The number of para-hydroxylation sites is 1. The highest BCUT2D eigenvalue weighted by molar-refractivity contribution is 5.89. The number of carbonyl (C=O) groups excluding carboxylic acids is 1. The van der Waals surface area contributed by atoms with Gasteiger partial charge in [-0.25, -0.2) is 9.18 Å². The lowest BCUT2D eigenvalue weighted by Gasteiger charge is -2.22. The summed E-state index contributed by atoms with van der Waals surface area (Å²) in [5, 5.41) is 5.00. The molecule has 18 heavy (non-hydrogen) atoms. The molecule has 1 unspecified atom stereocenters. The van der Waals surface area contributed by atoms with Gasteiger partial charge in [-0.1, -0.05) is 12.1 Å². The van der Waals surface area contributed by atoms with Gasteiger partial charge in [0, 0.05) is 14.2 Å². The summed E-state index contributed by atoms with van der Waals surface area (Å²) in [6.07, 6.45) is -0.559. The Morgan fingerprint density at radius 3 is 2.44 bits per heavy atom. The van der Waals surface area contributed by atoms with Crippen molar-refractivity contribution in [2.24, 2.45) is 0 Å². The smallest absolute Gasteiger partial charge is 0.319 e. The molecule has 0 aliphatic carbocycles. The Labute approximate surface area is 105 Å². The highest BCUT2D eigenvalue weighted by Crippen LogP contribution is 2.12. The molecule has 2 amide bonds. The fourth-order valence-corrected chi connectivity index (χ4v) is 1.50. The van der Waals surface area contributed by atoms with Crippen LogP contribution in [0.2, 0.25) is 0 Å². The maximum absolute atomic E-state index is 13.3. The van der Waals surface area contributed by atoms with Crippen LogP contribution in [-0.2, 0) is 9.47 Å². The number of hydrogen-bond acceptors (Lipinski definition) is 3. The van der Waals surface area contributed by atoms with Gasteiger partial charge >= 0.3 is 6.03 Å². The van der Waals surface area contributed by atoms with E-state index >= 15 is 0 Å². The van der Waals surface area contributed by atoms with Gasteiger partial charge in [-0.05, 0) is 19.1 Å². The maximum atomic E-state index is 13.3. The second-order valence-corrected chi connectivity index (χ2v) is 3.71. The van der Waals surface area contributed by atoms with Gasteiger partial charge in [0.05, 0.1) is 11.7 Å². The normalized spacial score (nSPS) is 12.3. The zero-order valence-corrected chi connectivity index (χ0v) is 10.6. The van der Waals surface area contributed by atoms with Crippen LogP contribution in [0.25, 0.3) is 0 Å². The largest absolute Gasteiger partial charge is 0.354 e. The van der Waals surface area contributed by atoms with Gasteiger partial charge in [0.2, 0.25) is 0 Å². The third kappa shape index (κ3) is 3.97. The number of urea groups is 1. The fraction of sp³-hybridized carbons (Fsp3) is 0.417. The highest BCUT2D eigenvalue weighted by atomic mass is 19.1. The van der Waals surface area contributed by atoms with Crippen molar-refractivity contribution in [1.82, 2.24) is 5.32 Å². The molecule has 0 aliphatic heterocycles. The minimum Gasteiger partial charge on any atom is -0.354 e. The first-order valence-corrected chi connectivity index (χ1v) is 5.46. The molecular weight excluding hydrogens is 239 g/mol. The average molecular weight is 256 g/mol. The van der Waals surface area contributed by atoms with Crippen LogP contribution in [0.1, 0.15) is 6.92 Å². The number of amides is 2. The van der Waals surface area contributed by atoms with E-state index in [1.54, 1.807) is 19.1 Å². The van der Waals surface area contributed by atoms with Crippen molar-refractivity contribution in [1.29, 1.82) is 0 Å². The Morgan fingerprint density at radius 1 is 1.28 bits per heavy atom. The van der Waals surface area contributed by atoms with Crippen molar-refractivity contribution < 1.29 is 18.7 Å². The van der Waals surface area contributed by atoms with Crippen molar-refractivity contribution in [2.45, 2.75) is 19.3 Å². The summed E-state index contributed by atoms with van der Waals surface area (Å²) in [6.45, 7) is 1.72. The lowest BCUT2D eigenvalue weighted by molar-refractivity contribution is -0.117. The van der Waals surface area contributed by atoms with Crippen LogP contribution in [0.3, 0.4) is 0 Å². The van der Waals surface area contributed by atoms with Crippen LogP contribution in [0, 0.1) is 5.82 Å². The molecule has 0 aliphatic rings. The third-order valence-corrected chi connectivity index (χ3v) is 2.35. The minimum absolute atomic E-state index is 0.119. The summed E-state index contributed by atoms with van der Waals surface area (Å²) in [6, 6.07) is 5.04. The molecule has 2 N–H and O–H groups in total. The standard InChI is InChI=1S/C12H17FN2O3/c1-8(11(17-2)18-3)14-12(16)15-10-7-5-4-6-9(10)13/h4-8,11H,1-3H3,(H2,14,15,16). The summed E-state index contributed by atoms with van der Waals surface area (Å²) in [5.41, 5.74) is 0.119. The second kappa shape index (κ2) is 6.93. The van der Waals surface area contributed by atoms with E-state index in [-0.39, 0.29) is 11.7 Å². The number of halogens is 1. The van der Waals surface area contributed by atoms with E-state index in [1.165, 1.54) is 26.4 Å². The van der Waals surface area contributed by atoms with Gasteiger partial charge in [-0.3, -0.25) is 0 Å². The van der Waals surface area contributed by atoms with Gasteiger partial charge in [0.15, 0.2) is 6.29 Å². The van der Waals surface area contributed by atoms with E-state index in [4.69, 9.17) is 9.47 Å². The van der Waals surface area contributed by atoms with Crippen LogP contribution >= 0.6 is 0 Å². The van der Waals surface area contributed by atoms with Crippen molar-refractivity contribution >= 4 is 11.7 Å². The van der Waals surface area contributed by atoms with Gasteiger partial charge in [0.25, 0.3) is 0 Å². The first-order valence-electron chi connectivity index (χ1n) is 5.46. The number of carbonyl (C=O) groups is 1. The lowest BCUT2D eigenvalue weighted by Crippen LogP contribution is -2.44. The molecule has 0 heterocycles. The number of ether oxygens (including phenoxy) is 2. The second-order valence-electron chi connectivity index (χ2n) is 3.71. The zero-order chi connectivity index (χ0) is 13.5. The maximum Gasteiger partial charge on any atom is 0.319 e. The molecule has 5 nitrogen and oxygen atoms in total. The first-order chi connectivity index (χ1) is 8.58. The van der Waals surface area contributed by atoms with Crippen LogP contribution < -0.4 is 10.6 Å². The van der Waals surface area contributed by atoms with Crippen molar-refractivity contribution in [2.75, 3.05) is 19.5 Å². The molecule has 0 saturated carbocycles. The summed E-state index contributed by atoms with van der Waals surface area (Å²) in [7, 11) is 2.95. The topological polar surface area (TPSA) is 59.6 Å². The highest BCUT2D eigenvalue weighted by Gasteiger charge is 2.18. The van der Waals surface area contributed by atoms with Crippen molar-refractivity contribution in [3.63, 3.8) is 0 Å². The molecule has 100 valence electrons. The third-order valence-electron chi connectivity index (χ3n) is 2.35. The Hall–Kier alpha value is -1.66. The van der Waals surface area contributed by atoms with Crippen LogP contribution in [0.15, 0.2) is 24.3 Å². The lowest BCUT2D eigenvalue weighted by atomic mass is 10.3. The Balaban J connectivity index is 2.54. The molecule has 1 aromatic carbocycles. The number of methoxy groups -OCH3 is 2. The van der Waals surface area contributed by atoms with E-state index in [9.17, 15) is 9.18 Å². The number of benzene rings is 1. The number of rotatable bonds is 5. The monoisotopic (exact) mass is 256 g/mol. The van der Waals surface area contributed by atoms with Crippen LogP contribution in [0.5, 0.6) is 0 Å². The molecule has 1 atom stereocenters. The average Bonchev–Trinajstić information content (AvgIpc) is 2.33. The summed E-state index contributed by atoms with van der Waals surface area (Å²) in [4.78, 5) is 11.6. The predicted octanol–water partition coefficient (Wildman–Crippen LogP) is 1.95. The molecule has 0 radical (unpaired) electrons. The predicted molar refractivity (Wildman–Crippen MR) is 65.8 cm³/mol. The Kier molecular flexibility index (Phi) is 5.54. The molecule has 1 rings (SSSR count). The molecular formula is C12H17FN2O3. The van der Waals surface area contributed by atoms with Gasteiger partial charge in [0.1, 0.15) is 5.82 Å². The Morgan fingerprint density at radius 2 is 1.89 bits per heavy atom. The summed E-state index contributed by atoms with van der Waals surface area (Å²) >= 11 is 0. The van der Waals surface area contributed by atoms with E-state index in [2.05, 4.69) is 10.6 Å². The van der Waals surface area contributed by atoms with E-state index < -0.39 is 18.1 Å². The first kappa shape index (κ1) is 14.4. The van der Waals surface area contributed by atoms with Crippen LogP contribution in [0.4, 0.5) is 14.9 Å². The minimum atomic E-state index is -0.559. The number of anilines is 1. The molecule has 0 spiro atoms. The molecule has 0 fully saturated rings. The zero-order valence-electron chi connectivity index (χ0n) is 10.6. The molecule has 0 saturated heterocycles. The van der Waals surface area contributed by atoms with Crippen LogP contribution in [-0.4, -0.2) is 32.6 Å². The van der Waals surface area contributed by atoms with Crippen molar-refractivity contribution in [3.8, 4) is 0 Å². The van der Waals surface area contributed by atoms with E-state index in [0.29, 0.717) is 0 Å². The van der Waals surface area contributed by atoms with Crippen molar-refractivity contribution in [3.05, 3.63) is 30.1 Å². The molecule has 0 aromatic heterocycles. The van der Waals surface area contributed by atoms with Gasteiger partial charge in [-0.2, -0.15) is 0 Å². The fourth-order valence-electron chi connectivity index (χ4n) is 1.50. The van der Waals surface area contributed by atoms with E-state index in [0.717, 1.165) is 0 Å². The number of hydrogen-bond donors (Lipinski definition) is 2. The van der Waals surface area contributed by atoms with Gasteiger partial charge < -0.3 is 20.1 Å². The summed E-state index contributed by atoms with van der Waals surface area (Å²) < 4.78 is 23.3. The molecule has 1 aromatic rings. The van der Waals surface area contributed by atoms with Gasteiger partial charge in [-0.15, -0.1) is 0 Å². The Bertz CT molecular complexity index is 397.